The molecule has 0 aliphatic carbocycles. The van der Waals surface area contributed by atoms with Crippen molar-refractivity contribution in [1.82, 2.24) is 9.88 Å². The minimum absolute atomic E-state index is 0. The summed E-state index contributed by atoms with van der Waals surface area (Å²) in [4.78, 5) is 21.8. The summed E-state index contributed by atoms with van der Waals surface area (Å²) in [5, 5.41) is 0.540. The molecule has 0 bridgehead atoms. The van der Waals surface area contributed by atoms with E-state index < -0.39 is 9.84 Å². The fraction of sp³-hybridized carbons (Fsp3) is 0.364. The molecule has 0 saturated carbocycles. The molecule has 3 rings (SSSR count). The number of ether oxygens (including phenoxy) is 2. The number of nitrogens with zero attached hydrogens (tertiary/aromatic N) is 3. The maximum absolute atomic E-state index is 13.3. The Kier molecular flexibility index (Phi) is 9.07. The third kappa shape index (κ3) is 6.57. The van der Waals surface area contributed by atoms with Gasteiger partial charge in [-0.15, -0.1) is 12.4 Å². The number of hydrogen-bond donors (Lipinski definition) is 0. The van der Waals surface area contributed by atoms with Crippen LogP contribution in [0.25, 0.3) is 10.2 Å². The van der Waals surface area contributed by atoms with Crippen molar-refractivity contribution in [3.63, 3.8) is 0 Å². The molecule has 0 radical (unpaired) electrons. The van der Waals surface area contributed by atoms with Gasteiger partial charge in [-0.25, -0.2) is 13.4 Å². The lowest BCUT2D eigenvalue weighted by atomic mass is 10.1. The van der Waals surface area contributed by atoms with Crippen molar-refractivity contribution < 1.29 is 22.7 Å². The number of hydrogen-bond acceptors (Lipinski definition) is 8. The van der Waals surface area contributed by atoms with Crippen molar-refractivity contribution >= 4 is 54.8 Å². The fourth-order valence-corrected chi connectivity index (χ4v) is 4.90. The van der Waals surface area contributed by atoms with Crippen molar-refractivity contribution in [2.75, 3.05) is 52.6 Å². The van der Waals surface area contributed by atoms with Gasteiger partial charge in [-0.05, 0) is 50.0 Å². The van der Waals surface area contributed by atoms with Gasteiger partial charge in [0.25, 0.3) is 0 Å². The standard InChI is InChI=1S/C22H27N3O5S2.ClH/c1-24(2)10-11-25(21(26)13-15-6-9-18(29-3)19(12-15)30-4)22-23-17-8-7-16(32(5,27)28)14-20(17)31-22;/h6-9,12,14H,10-11,13H2,1-5H3;1H. The molecule has 0 spiro atoms. The van der Waals surface area contributed by atoms with E-state index in [0.717, 1.165) is 10.3 Å². The number of rotatable bonds is 9. The Balaban J connectivity index is 0.00000385. The Morgan fingerprint density at radius 3 is 2.33 bits per heavy atom. The molecule has 0 atom stereocenters. The quantitative estimate of drug-likeness (QED) is 0.433. The number of benzene rings is 2. The number of anilines is 1. The van der Waals surface area contributed by atoms with Crippen molar-refractivity contribution in [2.24, 2.45) is 0 Å². The highest BCUT2D eigenvalue weighted by Gasteiger charge is 2.21. The van der Waals surface area contributed by atoms with E-state index in [1.54, 1.807) is 43.4 Å². The predicted molar refractivity (Wildman–Crippen MR) is 134 cm³/mol. The summed E-state index contributed by atoms with van der Waals surface area (Å²) < 4.78 is 35.1. The van der Waals surface area contributed by atoms with Crippen LogP contribution in [0, 0.1) is 0 Å². The predicted octanol–water partition coefficient (Wildman–Crippen LogP) is 3.28. The average molecular weight is 514 g/mol. The van der Waals surface area contributed by atoms with Crippen LogP contribution in [-0.2, 0) is 21.1 Å². The van der Waals surface area contributed by atoms with Crippen LogP contribution in [0.2, 0.25) is 0 Å². The van der Waals surface area contributed by atoms with E-state index in [4.69, 9.17) is 9.47 Å². The van der Waals surface area contributed by atoms with Crippen LogP contribution in [0.15, 0.2) is 41.3 Å². The summed E-state index contributed by atoms with van der Waals surface area (Å²) in [6.07, 6.45) is 1.34. The fourth-order valence-electron chi connectivity index (χ4n) is 3.13. The summed E-state index contributed by atoms with van der Waals surface area (Å²) in [6.45, 7) is 1.11. The number of carbonyl (C=O) groups is 1. The second kappa shape index (κ2) is 11.1. The topological polar surface area (TPSA) is 89.0 Å². The van der Waals surface area contributed by atoms with Crippen molar-refractivity contribution in [1.29, 1.82) is 0 Å². The molecule has 180 valence electrons. The maximum Gasteiger partial charge on any atom is 0.233 e. The molecule has 0 aliphatic heterocycles. The van der Waals surface area contributed by atoms with Gasteiger partial charge < -0.3 is 14.4 Å². The number of sulfone groups is 1. The van der Waals surface area contributed by atoms with Crippen molar-refractivity contribution in [3.05, 3.63) is 42.0 Å². The number of methoxy groups -OCH3 is 2. The van der Waals surface area contributed by atoms with Gasteiger partial charge >= 0.3 is 0 Å². The van der Waals surface area contributed by atoms with Gasteiger partial charge in [0, 0.05) is 19.3 Å². The lowest BCUT2D eigenvalue weighted by molar-refractivity contribution is -0.118. The number of thiazole rings is 1. The second-order valence-corrected chi connectivity index (χ2v) is 10.6. The average Bonchev–Trinajstić information content (AvgIpc) is 3.15. The number of likely N-dealkylation sites (N-methyl/N-ethyl adjacent to an activating group) is 1. The van der Waals surface area contributed by atoms with E-state index in [1.807, 2.05) is 25.1 Å². The molecule has 33 heavy (non-hydrogen) atoms. The van der Waals surface area contributed by atoms with Crippen LogP contribution in [0.3, 0.4) is 0 Å². The van der Waals surface area contributed by atoms with E-state index in [1.165, 1.54) is 23.7 Å². The third-order valence-electron chi connectivity index (χ3n) is 4.88. The minimum atomic E-state index is -3.33. The number of carbonyl (C=O) groups excluding carboxylic acids is 1. The third-order valence-corrected chi connectivity index (χ3v) is 7.03. The Hall–Kier alpha value is -2.40. The molecular weight excluding hydrogens is 486 g/mol. The molecule has 1 amide bonds. The monoisotopic (exact) mass is 513 g/mol. The van der Waals surface area contributed by atoms with Gasteiger partial charge in [0.1, 0.15) is 0 Å². The van der Waals surface area contributed by atoms with E-state index in [9.17, 15) is 13.2 Å². The molecule has 3 aromatic rings. The molecule has 2 aromatic carbocycles. The number of fused-ring (bicyclic) bond motifs is 1. The summed E-state index contributed by atoms with van der Waals surface area (Å²) in [6, 6.07) is 10.2. The first-order valence-corrected chi connectivity index (χ1v) is 12.6. The molecule has 0 N–H and O–H groups in total. The zero-order valence-corrected chi connectivity index (χ0v) is 21.6. The van der Waals surface area contributed by atoms with Gasteiger partial charge in [-0.3, -0.25) is 9.69 Å². The molecule has 11 heteroatoms. The highest BCUT2D eigenvalue weighted by molar-refractivity contribution is 7.90. The summed E-state index contributed by atoms with van der Waals surface area (Å²) in [7, 11) is 3.67. The largest absolute Gasteiger partial charge is 0.493 e. The first-order chi connectivity index (χ1) is 15.1. The van der Waals surface area contributed by atoms with Gasteiger partial charge in [0.15, 0.2) is 26.5 Å². The van der Waals surface area contributed by atoms with Crippen LogP contribution < -0.4 is 14.4 Å². The van der Waals surface area contributed by atoms with Crippen LogP contribution >= 0.6 is 23.7 Å². The van der Waals surface area contributed by atoms with Gasteiger partial charge in [-0.1, -0.05) is 17.4 Å². The lowest BCUT2D eigenvalue weighted by Crippen LogP contribution is -2.37. The smallest absolute Gasteiger partial charge is 0.233 e. The summed E-state index contributed by atoms with van der Waals surface area (Å²) in [5.41, 5.74) is 1.45. The van der Waals surface area contributed by atoms with Gasteiger partial charge in [-0.2, -0.15) is 0 Å². The van der Waals surface area contributed by atoms with Gasteiger partial charge in [0.05, 0.1) is 35.8 Å². The first kappa shape index (κ1) is 26.8. The maximum atomic E-state index is 13.3. The number of amides is 1. The zero-order chi connectivity index (χ0) is 23.5. The Morgan fingerprint density at radius 2 is 1.73 bits per heavy atom. The lowest BCUT2D eigenvalue weighted by Gasteiger charge is -2.22. The normalized spacial score (nSPS) is 11.3. The molecule has 0 aliphatic rings. The van der Waals surface area contributed by atoms with Gasteiger partial charge in [0.2, 0.25) is 5.91 Å². The molecule has 8 nitrogen and oxygen atoms in total. The molecule has 1 heterocycles. The molecular formula is C22H28ClN3O5S2. The van der Waals surface area contributed by atoms with Crippen LogP contribution in [0.5, 0.6) is 11.5 Å². The van der Waals surface area contributed by atoms with E-state index >= 15 is 0 Å². The Bertz CT molecular complexity index is 1230. The van der Waals surface area contributed by atoms with E-state index in [0.29, 0.717) is 35.2 Å². The highest BCUT2D eigenvalue weighted by Crippen LogP contribution is 2.32. The van der Waals surface area contributed by atoms with Crippen LogP contribution in [-0.4, -0.2) is 71.9 Å². The second-order valence-electron chi connectivity index (χ2n) is 7.61. The first-order valence-electron chi connectivity index (χ1n) is 9.89. The zero-order valence-electron chi connectivity index (χ0n) is 19.2. The Morgan fingerprint density at radius 1 is 1.03 bits per heavy atom. The van der Waals surface area contributed by atoms with Crippen LogP contribution in [0.1, 0.15) is 5.56 Å². The summed E-state index contributed by atoms with van der Waals surface area (Å²) >= 11 is 1.31. The van der Waals surface area contributed by atoms with Crippen molar-refractivity contribution in [2.45, 2.75) is 11.3 Å². The van der Waals surface area contributed by atoms with Crippen molar-refractivity contribution in [3.8, 4) is 11.5 Å². The van der Waals surface area contributed by atoms with E-state index in [2.05, 4.69) is 4.98 Å². The SMILES string of the molecule is COc1ccc(CC(=O)N(CCN(C)C)c2nc3ccc(S(C)(=O)=O)cc3s2)cc1OC.Cl. The van der Waals surface area contributed by atoms with Crippen LogP contribution in [0.4, 0.5) is 5.13 Å². The number of aromatic nitrogens is 1. The van der Waals surface area contributed by atoms with E-state index in [-0.39, 0.29) is 29.6 Å². The Labute approximate surface area is 204 Å². The summed E-state index contributed by atoms with van der Waals surface area (Å²) in [5.74, 6) is 1.05. The molecule has 0 unspecified atom stereocenters. The minimum Gasteiger partial charge on any atom is -0.493 e. The molecule has 0 fully saturated rings. The molecule has 0 saturated heterocycles. The molecule has 1 aromatic heterocycles. The highest BCUT2D eigenvalue weighted by atomic mass is 35.5. The number of halogens is 1.